The SMILES string of the molecule is COc1ccc(CCNC(=O)COC(=O)C2CCN(c3ccc(C#N)cn3)CC2)cc1. The van der Waals surface area contributed by atoms with E-state index in [4.69, 9.17) is 14.7 Å². The smallest absolute Gasteiger partial charge is 0.309 e. The Hall–Kier alpha value is -3.60. The molecule has 1 amide bonds. The van der Waals surface area contributed by atoms with E-state index in [0.29, 0.717) is 44.5 Å². The number of carbonyl (C=O) groups is 2. The lowest BCUT2D eigenvalue weighted by molar-refractivity contribution is -0.153. The molecule has 1 aromatic carbocycles. The summed E-state index contributed by atoms with van der Waals surface area (Å²) in [6.07, 6.45) is 3.51. The number of nitrogens with zero attached hydrogens (tertiary/aromatic N) is 3. The van der Waals surface area contributed by atoms with Crippen LogP contribution in [0.4, 0.5) is 5.82 Å². The summed E-state index contributed by atoms with van der Waals surface area (Å²) in [5.74, 6) is 0.723. The Morgan fingerprint density at radius 3 is 2.55 bits per heavy atom. The molecule has 2 aromatic rings. The number of benzene rings is 1. The Bertz CT molecular complexity index is 914. The Kier molecular flexibility index (Phi) is 7.82. The minimum Gasteiger partial charge on any atom is -0.497 e. The van der Waals surface area contributed by atoms with Gasteiger partial charge >= 0.3 is 5.97 Å². The lowest BCUT2D eigenvalue weighted by atomic mass is 9.97. The maximum atomic E-state index is 12.3. The lowest BCUT2D eigenvalue weighted by Gasteiger charge is -2.31. The van der Waals surface area contributed by atoms with E-state index in [9.17, 15) is 9.59 Å². The Balaban J connectivity index is 1.33. The van der Waals surface area contributed by atoms with Gasteiger partial charge in [-0.05, 0) is 49.1 Å². The molecule has 1 saturated heterocycles. The van der Waals surface area contributed by atoms with Gasteiger partial charge in [-0.2, -0.15) is 5.26 Å². The minimum atomic E-state index is -0.335. The van der Waals surface area contributed by atoms with Crippen molar-refractivity contribution in [2.75, 3.05) is 38.3 Å². The number of aromatic nitrogens is 1. The summed E-state index contributed by atoms with van der Waals surface area (Å²) < 4.78 is 10.3. The van der Waals surface area contributed by atoms with Crippen LogP contribution >= 0.6 is 0 Å². The molecule has 1 aromatic heterocycles. The maximum Gasteiger partial charge on any atom is 0.309 e. The van der Waals surface area contributed by atoms with Gasteiger partial charge in [-0.1, -0.05) is 12.1 Å². The maximum absolute atomic E-state index is 12.3. The second kappa shape index (κ2) is 11.0. The molecule has 162 valence electrons. The molecular formula is C23H26N4O4. The number of rotatable bonds is 8. The normalized spacial score (nSPS) is 13.9. The van der Waals surface area contributed by atoms with Crippen molar-refractivity contribution in [1.82, 2.24) is 10.3 Å². The van der Waals surface area contributed by atoms with Crippen LogP contribution in [0.25, 0.3) is 0 Å². The summed E-state index contributed by atoms with van der Waals surface area (Å²) in [7, 11) is 1.62. The third-order valence-electron chi connectivity index (χ3n) is 5.27. The van der Waals surface area contributed by atoms with Crippen LogP contribution in [0.2, 0.25) is 0 Å². The van der Waals surface area contributed by atoms with Crippen molar-refractivity contribution < 1.29 is 19.1 Å². The predicted octanol–water partition coefficient (Wildman–Crippen LogP) is 2.08. The quantitative estimate of drug-likeness (QED) is 0.650. The van der Waals surface area contributed by atoms with Crippen molar-refractivity contribution in [3.63, 3.8) is 0 Å². The van der Waals surface area contributed by atoms with Crippen molar-refractivity contribution in [2.45, 2.75) is 19.3 Å². The molecule has 0 atom stereocenters. The first-order valence-corrected chi connectivity index (χ1v) is 10.3. The van der Waals surface area contributed by atoms with E-state index in [1.807, 2.05) is 36.4 Å². The second-order valence-corrected chi connectivity index (χ2v) is 7.33. The van der Waals surface area contributed by atoms with E-state index >= 15 is 0 Å². The highest BCUT2D eigenvalue weighted by Gasteiger charge is 2.27. The summed E-state index contributed by atoms with van der Waals surface area (Å²) in [6.45, 7) is 1.55. The van der Waals surface area contributed by atoms with E-state index in [2.05, 4.69) is 15.2 Å². The molecular weight excluding hydrogens is 396 g/mol. The summed E-state index contributed by atoms with van der Waals surface area (Å²) in [5.41, 5.74) is 1.60. The number of ether oxygens (including phenoxy) is 2. The first-order valence-electron chi connectivity index (χ1n) is 10.3. The number of amides is 1. The molecule has 0 bridgehead atoms. The van der Waals surface area contributed by atoms with Crippen LogP contribution in [0.1, 0.15) is 24.0 Å². The van der Waals surface area contributed by atoms with Gasteiger partial charge in [-0.15, -0.1) is 0 Å². The van der Waals surface area contributed by atoms with Gasteiger partial charge in [0.05, 0.1) is 18.6 Å². The number of pyridine rings is 1. The summed E-state index contributed by atoms with van der Waals surface area (Å²) in [4.78, 5) is 30.6. The van der Waals surface area contributed by atoms with Gasteiger partial charge in [0.15, 0.2) is 6.61 Å². The standard InChI is InChI=1S/C23H26N4O4/c1-30-20-5-2-17(3-6-20)8-11-25-22(28)16-31-23(29)19-9-12-27(13-10-19)21-7-4-18(14-24)15-26-21/h2-7,15,19H,8-13,16H2,1H3,(H,25,28). The Morgan fingerprint density at radius 2 is 1.94 bits per heavy atom. The van der Waals surface area contributed by atoms with Crippen molar-refractivity contribution in [1.29, 1.82) is 5.26 Å². The van der Waals surface area contributed by atoms with Crippen LogP contribution in [-0.4, -0.2) is 50.2 Å². The summed E-state index contributed by atoms with van der Waals surface area (Å²) in [6, 6.07) is 13.2. The van der Waals surface area contributed by atoms with Crippen molar-refractivity contribution >= 4 is 17.7 Å². The summed E-state index contributed by atoms with van der Waals surface area (Å²) >= 11 is 0. The zero-order valence-electron chi connectivity index (χ0n) is 17.5. The fraction of sp³-hybridized carbons (Fsp3) is 0.391. The van der Waals surface area contributed by atoms with Crippen molar-refractivity contribution in [2.24, 2.45) is 5.92 Å². The molecule has 1 fully saturated rings. The fourth-order valence-corrected chi connectivity index (χ4v) is 3.43. The molecule has 3 rings (SSSR count). The summed E-state index contributed by atoms with van der Waals surface area (Å²) in [5, 5.41) is 11.6. The molecule has 1 N–H and O–H groups in total. The first kappa shape index (κ1) is 22.1. The number of hydrogen-bond acceptors (Lipinski definition) is 7. The number of nitriles is 1. The van der Waals surface area contributed by atoms with Crippen LogP contribution in [-0.2, 0) is 20.7 Å². The van der Waals surface area contributed by atoms with Gasteiger partial charge in [0.2, 0.25) is 0 Å². The van der Waals surface area contributed by atoms with E-state index in [1.165, 1.54) is 0 Å². The van der Waals surface area contributed by atoms with E-state index < -0.39 is 0 Å². The van der Waals surface area contributed by atoms with Gasteiger partial charge in [0.1, 0.15) is 17.6 Å². The highest BCUT2D eigenvalue weighted by Crippen LogP contribution is 2.22. The van der Waals surface area contributed by atoms with Gasteiger partial charge < -0.3 is 19.7 Å². The van der Waals surface area contributed by atoms with Gasteiger partial charge in [0, 0.05) is 25.8 Å². The predicted molar refractivity (Wildman–Crippen MR) is 115 cm³/mol. The first-order chi connectivity index (χ1) is 15.1. The average molecular weight is 422 g/mol. The van der Waals surface area contributed by atoms with Crippen molar-refractivity contribution in [3.8, 4) is 11.8 Å². The molecule has 0 radical (unpaired) electrons. The molecule has 0 aliphatic carbocycles. The van der Waals surface area contributed by atoms with Crippen molar-refractivity contribution in [3.05, 3.63) is 53.7 Å². The third kappa shape index (κ3) is 6.44. The molecule has 1 aliphatic rings. The minimum absolute atomic E-state index is 0.221. The monoisotopic (exact) mass is 422 g/mol. The second-order valence-electron chi connectivity index (χ2n) is 7.33. The van der Waals surface area contributed by atoms with Gasteiger partial charge in [-0.3, -0.25) is 9.59 Å². The van der Waals surface area contributed by atoms with Gasteiger partial charge in [0.25, 0.3) is 5.91 Å². The topological polar surface area (TPSA) is 105 Å². The molecule has 0 unspecified atom stereocenters. The number of methoxy groups -OCH3 is 1. The van der Waals surface area contributed by atoms with Crippen LogP contribution in [0.5, 0.6) is 5.75 Å². The number of piperidine rings is 1. The highest BCUT2D eigenvalue weighted by atomic mass is 16.5. The average Bonchev–Trinajstić information content (AvgIpc) is 2.83. The zero-order valence-corrected chi connectivity index (χ0v) is 17.5. The number of carbonyl (C=O) groups excluding carboxylic acids is 2. The fourth-order valence-electron chi connectivity index (χ4n) is 3.43. The van der Waals surface area contributed by atoms with E-state index in [-0.39, 0.29) is 24.4 Å². The molecule has 1 aliphatic heterocycles. The molecule has 0 spiro atoms. The van der Waals surface area contributed by atoms with E-state index in [1.54, 1.807) is 19.4 Å². The van der Waals surface area contributed by atoms with Crippen LogP contribution in [0, 0.1) is 17.2 Å². The number of hydrogen-bond donors (Lipinski definition) is 1. The molecule has 0 saturated carbocycles. The van der Waals surface area contributed by atoms with Crippen LogP contribution in [0.15, 0.2) is 42.6 Å². The van der Waals surface area contributed by atoms with Crippen LogP contribution < -0.4 is 15.0 Å². The largest absolute Gasteiger partial charge is 0.497 e. The lowest BCUT2D eigenvalue weighted by Crippen LogP contribution is -2.38. The van der Waals surface area contributed by atoms with Gasteiger partial charge in [-0.25, -0.2) is 4.98 Å². The van der Waals surface area contributed by atoms with Crippen LogP contribution in [0.3, 0.4) is 0 Å². The number of esters is 1. The third-order valence-corrected chi connectivity index (χ3v) is 5.27. The molecule has 2 heterocycles. The molecule has 31 heavy (non-hydrogen) atoms. The highest BCUT2D eigenvalue weighted by molar-refractivity contribution is 5.81. The Labute approximate surface area is 181 Å². The Morgan fingerprint density at radius 1 is 1.19 bits per heavy atom. The van der Waals surface area contributed by atoms with E-state index in [0.717, 1.165) is 17.1 Å². The number of anilines is 1. The molecule has 8 heteroatoms. The number of nitrogens with one attached hydrogen (secondary N) is 1. The molecule has 8 nitrogen and oxygen atoms in total. The zero-order chi connectivity index (χ0) is 22.1.